The molecule has 7 heteroatoms. The first-order valence-electron chi connectivity index (χ1n) is 5.48. The van der Waals surface area contributed by atoms with Gasteiger partial charge in [-0.1, -0.05) is 0 Å². The van der Waals surface area contributed by atoms with Crippen LogP contribution in [0.1, 0.15) is 20.7 Å². The molecule has 0 saturated carbocycles. The molecular formula is C13H13N3O4. The highest BCUT2D eigenvalue weighted by atomic mass is 16.4. The van der Waals surface area contributed by atoms with E-state index in [1.807, 2.05) is 5.43 Å². The van der Waals surface area contributed by atoms with Gasteiger partial charge in [0.05, 0.1) is 5.56 Å². The summed E-state index contributed by atoms with van der Waals surface area (Å²) >= 11 is 0. The summed E-state index contributed by atoms with van der Waals surface area (Å²) in [5, 5.41) is 17.1. The number of hydrogen-bond acceptors (Lipinski definition) is 5. The minimum Gasteiger partial charge on any atom is -0.508 e. The maximum atomic E-state index is 10.7. The number of aromatic nitrogens is 1. The molecule has 2 aromatic rings. The average Bonchev–Trinajstić information content (AvgIpc) is 2.48. The van der Waals surface area contributed by atoms with Crippen LogP contribution in [0.15, 0.2) is 48.8 Å². The van der Waals surface area contributed by atoms with Crippen LogP contribution < -0.4 is 11.3 Å². The van der Waals surface area contributed by atoms with Crippen LogP contribution in [0, 0.1) is 0 Å². The van der Waals surface area contributed by atoms with Crippen molar-refractivity contribution in [1.29, 1.82) is 0 Å². The first-order chi connectivity index (χ1) is 9.54. The summed E-state index contributed by atoms with van der Waals surface area (Å²) in [5.74, 6) is 3.67. The van der Waals surface area contributed by atoms with E-state index in [0.29, 0.717) is 5.56 Å². The van der Waals surface area contributed by atoms with Crippen LogP contribution in [0.4, 0.5) is 0 Å². The first-order valence-corrected chi connectivity index (χ1v) is 5.48. The molecule has 104 valence electrons. The van der Waals surface area contributed by atoms with Gasteiger partial charge in [-0.15, -0.1) is 0 Å². The number of phenols is 1. The average molecular weight is 275 g/mol. The Morgan fingerprint density at radius 3 is 2.00 bits per heavy atom. The second-order valence-corrected chi connectivity index (χ2v) is 3.56. The zero-order chi connectivity index (χ0) is 15.0. The number of pyridine rings is 1. The highest BCUT2D eigenvalue weighted by molar-refractivity contribution is 5.93. The summed E-state index contributed by atoms with van der Waals surface area (Å²) in [4.78, 5) is 24.7. The number of nitrogens with two attached hydrogens (primary N) is 1. The minimum atomic E-state index is -0.986. The molecule has 20 heavy (non-hydrogen) atoms. The Hall–Kier alpha value is -2.93. The number of rotatable bonds is 2. The van der Waals surface area contributed by atoms with E-state index in [0.717, 1.165) is 0 Å². The van der Waals surface area contributed by atoms with Crippen LogP contribution >= 0.6 is 0 Å². The summed E-state index contributed by atoms with van der Waals surface area (Å²) in [6.07, 6.45) is 3.06. The molecule has 0 unspecified atom stereocenters. The van der Waals surface area contributed by atoms with Crippen molar-refractivity contribution in [2.75, 3.05) is 0 Å². The smallest absolute Gasteiger partial charge is 0.335 e. The molecule has 0 saturated heterocycles. The molecule has 1 aromatic carbocycles. The third kappa shape index (κ3) is 4.75. The van der Waals surface area contributed by atoms with Crippen molar-refractivity contribution in [2.24, 2.45) is 5.84 Å². The normalized spacial score (nSPS) is 9.05. The van der Waals surface area contributed by atoms with Crippen molar-refractivity contribution >= 4 is 11.9 Å². The van der Waals surface area contributed by atoms with Gasteiger partial charge in [0, 0.05) is 18.0 Å². The summed E-state index contributed by atoms with van der Waals surface area (Å²) in [6.45, 7) is 0. The van der Waals surface area contributed by atoms with E-state index in [1.54, 1.807) is 12.1 Å². The lowest BCUT2D eigenvalue weighted by atomic mass is 10.2. The number of nitrogens with zero attached hydrogens (tertiary/aromatic N) is 1. The van der Waals surface area contributed by atoms with Gasteiger partial charge in [-0.05, 0) is 36.4 Å². The number of benzene rings is 1. The predicted octanol–water partition coefficient (Wildman–Crippen LogP) is 0.775. The van der Waals surface area contributed by atoms with Gasteiger partial charge in [0.2, 0.25) is 0 Å². The van der Waals surface area contributed by atoms with Crippen molar-refractivity contribution in [3.63, 3.8) is 0 Å². The Balaban J connectivity index is 0.000000200. The number of nitrogens with one attached hydrogen (secondary N) is 1. The first kappa shape index (κ1) is 15.1. The van der Waals surface area contributed by atoms with Gasteiger partial charge >= 0.3 is 5.97 Å². The summed E-state index contributed by atoms with van der Waals surface area (Å²) in [6, 6.07) is 8.53. The van der Waals surface area contributed by atoms with Gasteiger partial charge in [0.15, 0.2) is 0 Å². The van der Waals surface area contributed by atoms with Gasteiger partial charge in [-0.25, -0.2) is 10.6 Å². The number of hydrazine groups is 1. The predicted molar refractivity (Wildman–Crippen MR) is 71.0 cm³/mol. The fourth-order valence-electron chi connectivity index (χ4n) is 1.19. The molecule has 1 amide bonds. The van der Waals surface area contributed by atoms with E-state index < -0.39 is 5.97 Å². The Kier molecular flexibility index (Phi) is 5.67. The molecule has 0 atom stereocenters. The van der Waals surface area contributed by atoms with Crippen LogP contribution in [0.2, 0.25) is 0 Å². The monoisotopic (exact) mass is 275 g/mol. The number of carboxylic acid groups (broad SMARTS) is 1. The molecule has 0 aliphatic rings. The van der Waals surface area contributed by atoms with Crippen molar-refractivity contribution in [3.05, 3.63) is 59.9 Å². The fourth-order valence-corrected chi connectivity index (χ4v) is 1.19. The van der Waals surface area contributed by atoms with Crippen LogP contribution in [0.3, 0.4) is 0 Å². The summed E-state index contributed by atoms with van der Waals surface area (Å²) in [7, 11) is 0. The zero-order valence-corrected chi connectivity index (χ0v) is 10.4. The Morgan fingerprint density at radius 1 is 1.00 bits per heavy atom. The second-order valence-electron chi connectivity index (χ2n) is 3.56. The number of carboxylic acids is 1. The standard InChI is InChI=1S/C7H6O3.C6H7N3O/c8-6-3-1-5(2-4-6)7(9)10;7-9-6(10)5-1-3-8-4-2-5/h1-4,8H,(H,9,10);1-4H,7H2,(H,9,10). The van der Waals surface area contributed by atoms with Crippen LogP contribution in [0.25, 0.3) is 0 Å². The zero-order valence-electron chi connectivity index (χ0n) is 10.4. The van der Waals surface area contributed by atoms with E-state index in [4.69, 9.17) is 16.1 Å². The largest absolute Gasteiger partial charge is 0.508 e. The van der Waals surface area contributed by atoms with Crippen LogP contribution in [-0.4, -0.2) is 27.1 Å². The number of phenolic OH excluding ortho intramolecular Hbond substituents is 1. The molecule has 1 heterocycles. The SMILES string of the molecule is NNC(=O)c1ccncc1.O=C(O)c1ccc(O)cc1. The highest BCUT2D eigenvalue weighted by Gasteiger charge is 1.99. The summed E-state index contributed by atoms with van der Waals surface area (Å²) in [5.41, 5.74) is 2.70. The van der Waals surface area contributed by atoms with E-state index in [9.17, 15) is 9.59 Å². The molecule has 0 radical (unpaired) electrons. The quantitative estimate of drug-likeness (QED) is 0.364. The Morgan fingerprint density at radius 2 is 1.55 bits per heavy atom. The number of nitrogen functional groups attached to an aromatic ring is 1. The van der Waals surface area contributed by atoms with Crippen molar-refractivity contribution in [1.82, 2.24) is 10.4 Å². The number of carbonyl (C=O) groups excluding carboxylic acids is 1. The third-order valence-corrected chi connectivity index (χ3v) is 2.19. The maximum absolute atomic E-state index is 10.7. The lowest BCUT2D eigenvalue weighted by molar-refractivity contribution is 0.0696. The molecular weight excluding hydrogens is 262 g/mol. The Bertz CT molecular complexity index is 570. The van der Waals surface area contributed by atoms with E-state index in [2.05, 4.69) is 4.98 Å². The molecule has 7 nitrogen and oxygen atoms in total. The molecule has 5 N–H and O–H groups in total. The lowest BCUT2D eigenvalue weighted by Gasteiger charge is -1.95. The molecule has 0 spiro atoms. The summed E-state index contributed by atoms with van der Waals surface area (Å²) < 4.78 is 0. The highest BCUT2D eigenvalue weighted by Crippen LogP contribution is 2.08. The van der Waals surface area contributed by atoms with Gasteiger partial charge in [-0.2, -0.15) is 0 Å². The number of hydrogen-bond donors (Lipinski definition) is 4. The van der Waals surface area contributed by atoms with Gasteiger partial charge < -0.3 is 10.2 Å². The van der Waals surface area contributed by atoms with Crippen molar-refractivity contribution in [2.45, 2.75) is 0 Å². The third-order valence-electron chi connectivity index (χ3n) is 2.19. The lowest BCUT2D eigenvalue weighted by Crippen LogP contribution is -2.29. The molecule has 1 aromatic heterocycles. The minimum absolute atomic E-state index is 0.0741. The number of amides is 1. The molecule has 0 aliphatic heterocycles. The van der Waals surface area contributed by atoms with Gasteiger partial charge in [0.1, 0.15) is 5.75 Å². The molecule has 2 rings (SSSR count). The maximum Gasteiger partial charge on any atom is 0.335 e. The van der Waals surface area contributed by atoms with Crippen LogP contribution in [0.5, 0.6) is 5.75 Å². The number of aromatic carboxylic acids is 1. The van der Waals surface area contributed by atoms with Crippen molar-refractivity contribution < 1.29 is 19.8 Å². The van der Waals surface area contributed by atoms with Crippen molar-refractivity contribution in [3.8, 4) is 5.75 Å². The van der Waals surface area contributed by atoms with Gasteiger partial charge in [0.25, 0.3) is 5.91 Å². The fraction of sp³-hybridized carbons (Fsp3) is 0. The topological polar surface area (TPSA) is 126 Å². The van der Waals surface area contributed by atoms with E-state index in [-0.39, 0.29) is 17.2 Å². The Labute approximate surface area is 114 Å². The van der Waals surface area contributed by atoms with Gasteiger partial charge in [-0.3, -0.25) is 15.2 Å². The molecule has 0 aliphatic carbocycles. The second kappa shape index (κ2) is 7.49. The molecule has 0 fully saturated rings. The number of carbonyl (C=O) groups is 2. The van der Waals surface area contributed by atoms with E-state index in [1.165, 1.54) is 36.7 Å². The molecule has 0 bridgehead atoms. The number of aromatic hydroxyl groups is 1. The van der Waals surface area contributed by atoms with E-state index >= 15 is 0 Å². The van der Waals surface area contributed by atoms with Crippen LogP contribution in [-0.2, 0) is 0 Å².